The molecule has 1 aliphatic rings. The number of hydrogen-bond donors (Lipinski definition) is 1. The predicted octanol–water partition coefficient (Wildman–Crippen LogP) is 1.59. The molecule has 1 N–H and O–H groups in total. The van der Waals surface area contributed by atoms with E-state index in [1.54, 1.807) is 37.3 Å². The maximum absolute atomic E-state index is 11.5. The highest BCUT2D eigenvalue weighted by atomic mass is 32.2. The van der Waals surface area contributed by atoms with Crippen LogP contribution in [0.25, 0.3) is 0 Å². The minimum absolute atomic E-state index is 0.0621. The van der Waals surface area contributed by atoms with E-state index in [4.69, 9.17) is 4.74 Å². The van der Waals surface area contributed by atoms with E-state index in [1.165, 1.54) is 5.41 Å². The number of esters is 1. The standard InChI is InChI=1S/C13H15NO4S/c1-2-18-13(15)10-3-5-11(6-4-10)14-12-7-8-19(16,17)9-12/h3-8,12,14H,2,9H2,1H3. The summed E-state index contributed by atoms with van der Waals surface area (Å²) in [5.74, 6) is -0.301. The van der Waals surface area contributed by atoms with E-state index < -0.39 is 9.84 Å². The highest BCUT2D eigenvalue weighted by Gasteiger charge is 2.21. The lowest BCUT2D eigenvalue weighted by Crippen LogP contribution is -2.20. The molecule has 6 heteroatoms. The Labute approximate surface area is 112 Å². The zero-order chi connectivity index (χ0) is 13.9. The molecular weight excluding hydrogens is 266 g/mol. The van der Waals surface area contributed by atoms with Gasteiger partial charge in [-0.15, -0.1) is 0 Å². The summed E-state index contributed by atoms with van der Waals surface area (Å²) in [6, 6.07) is 6.52. The molecular formula is C13H15NO4S. The van der Waals surface area contributed by atoms with Gasteiger partial charge in [-0.25, -0.2) is 13.2 Å². The van der Waals surface area contributed by atoms with E-state index in [0.717, 1.165) is 5.69 Å². The fourth-order valence-corrected chi connectivity index (χ4v) is 3.03. The van der Waals surface area contributed by atoms with Crippen LogP contribution in [0.4, 0.5) is 5.69 Å². The Morgan fingerprint density at radius 1 is 1.37 bits per heavy atom. The molecule has 1 aromatic rings. The second kappa shape index (κ2) is 5.44. The van der Waals surface area contributed by atoms with E-state index in [2.05, 4.69) is 5.32 Å². The van der Waals surface area contributed by atoms with Crippen LogP contribution in [0.5, 0.6) is 0 Å². The van der Waals surface area contributed by atoms with Gasteiger partial charge >= 0.3 is 5.97 Å². The monoisotopic (exact) mass is 281 g/mol. The van der Waals surface area contributed by atoms with Crippen LogP contribution in [-0.4, -0.2) is 32.8 Å². The van der Waals surface area contributed by atoms with Crippen LogP contribution in [0.1, 0.15) is 17.3 Å². The van der Waals surface area contributed by atoms with Gasteiger partial charge in [-0.1, -0.05) is 6.08 Å². The Morgan fingerprint density at radius 2 is 2.05 bits per heavy atom. The fraction of sp³-hybridized carbons (Fsp3) is 0.308. The van der Waals surface area contributed by atoms with Gasteiger partial charge in [-0.05, 0) is 31.2 Å². The molecule has 0 radical (unpaired) electrons. The number of carbonyl (C=O) groups excluding carboxylic acids is 1. The van der Waals surface area contributed by atoms with Gasteiger partial charge in [0.05, 0.1) is 24.0 Å². The molecule has 0 saturated heterocycles. The van der Waals surface area contributed by atoms with Gasteiger partial charge < -0.3 is 10.1 Å². The van der Waals surface area contributed by atoms with Crippen molar-refractivity contribution in [1.29, 1.82) is 0 Å². The lowest BCUT2D eigenvalue weighted by Gasteiger charge is -2.11. The van der Waals surface area contributed by atoms with Crippen LogP contribution in [0.15, 0.2) is 35.7 Å². The van der Waals surface area contributed by atoms with E-state index in [1.807, 2.05) is 0 Å². The van der Waals surface area contributed by atoms with Gasteiger partial charge in [0, 0.05) is 11.1 Å². The zero-order valence-corrected chi connectivity index (χ0v) is 11.3. The van der Waals surface area contributed by atoms with Crippen LogP contribution in [0.2, 0.25) is 0 Å². The summed E-state index contributed by atoms with van der Waals surface area (Å²) < 4.78 is 27.4. The maximum atomic E-state index is 11.5. The largest absolute Gasteiger partial charge is 0.462 e. The lowest BCUT2D eigenvalue weighted by atomic mass is 10.2. The van der Waals surface area contributed by atoms with Crippen molar-refractivity contribution in [3.8, 4) is 0 Å². The molecule has 0 bridgehead atoms. The second-order valence-electron chi connectivity index (χ2n) is 4.21. The van der Waals surface area contributed by atoms with Crippen LogP contribution >= 0.6 is 0 Å². The molecule has 0 aliphatic carbocycles. The smallest absolute Gasteiger partial charge is 0.338 e. The van der Waals surface area contributed by atoms with E-state index in [9.17, 15) is 13.2 Å². The molecule has 0 saturated carbocycles. The van der Waals surface area contributed by atoms with Crippen molar-refractivity contribution in [2.24, 2.45) is 0 Å². The van der Waals surface area contributed by atoms with Crippen molar-refractivity contribution >= 4 is 21.5 Å². The first-order valence-electron chi connectivity index (χ1n) is 5.95. The van der Waals surface area contributed by atoms with Crippen LogP contribution < -0.4 is 5.32 Å². The third-order valence-electron chi connectivity index (χ3n) is 2.68. The van der Waals surface area contributed by atoms with Crippen molar-refractivity contribution in [1.82, 2.24) is 0 Å². The molecule has 1 aromatic carbocycles. The third kappa shape index (κ3) is 3.57. The molecule has 1 atom stereocenters. The first kappa shape index (κ1) is 13.6. The molecule has 0 spiro atoms. The fourth-order valence-electron chi connectivity index (χ4n) is 1.80. The van der Waals surface area contributed by atoms with Crippen LogP contribution in [-0.2, 0) is 14.6 Å². The zero-order valence-electron chi connectivity index (χ0n) is 10.5. The number of sulfone groups is 1. The van der Waals surface area contributed by atoms with Gasteiger partial charge in [0.15, 0.2) is 9.84 Å². The van der Waals surface area contributed by atoms with Crippen LogP contribution in [0.3, 0.4) is 0 Å². The third-order valence-corrected chi connectivity index (χ3v) is 4.07. The number of hydrogen-bond acceptors (Lipinski definition) is 5. The molecule has 1 heterocycles. The summed E-state index contributed by atoms with van der Waals surface area (Å²) in [5, 5.41) is 4.30. The number of benzene rings is 1. The summed E-state index contributed by atoms with van der Waals surface area (Å²) in [4.78, 5) is 11.5. The molecule has 19 heavy (non-hydrogen) atoms. The number of rotatable bonds is 4. The molecule has 2 rings (SSSR count). The second-order valence-corrected chi connectivity index (χ2v) is 6.14. The maximum Gasteiger partial charge on any atom is 0.338 e. The molecule has 0 aromatic heterocycles. The molecule has 102 valence electrons. The first-order chi connectivity index (χ1) is 9.00. The van der Waals surface area contributed by atoms with E-state index in [0.29, 0.717) is 12.2 Å². The predicted molar refractivity (Wildman–Crippen MR) is 72.7 cm³/mol. The Balaban J connectivity index is 2.00. The van der Waals surface area contributed by atoms with Crippen molar-refractivity contribution < 1.29 is 17.9 Å². The average molecular weight is 281 g/mol. The minimum Gasteiger partial charge on any atom is -0.462 e. The Hall–Kier alpha value is -1.82. The normalized spacial score (nSPS) is 20.2. The first-order valence-corrected chi connectivity index (χ1v) is 7.66. The SMILES string of the molecule is CCOC(=O)c1ccc(NC2C=CS(=O)(=O)C2)cc1. The van der Waals surface area contributed by atoms with Gasteiger partial charge in [-0.3, -0.25) is 0 Å². The molecule has 0 fully saturated rings. The van der Waals surface area contributed by atoms with Crippen molar-refractivity contribution in [2.75, 3.05) is 17.7 Å². The van der Waals surface area contributed by atoms with Crippen molar-refractivity contribution in [3.05, 3.63) is 41.3 Å². The van der Waals surface area contributed by atoms with Crippen molar-refractivity contribution in [2.45, 2.75) is 13.0 Å². The minimum atomic E-state index is -3.06. The Bertz CT molecular complexity index is 590. The summed E-state index contributed by atoms with van der Waals surface area (Å²) in [5.41, 5.74) is 1.24. The molecule has 1 unspecified atom stereocenters. The number of ether oxygens (including phenoxy) is 1. The van der Waals surface area contributed by atoms with Crippen LogP contribution in [0, 0.1) is 0 Å². The van der Waals surface area contributed by atoms with Gasteiger partial charge in [0.2, 0.25) is 0 Å². The summed E-state index contributed by atoms with van der Waals surface area (Å²) in [7, 11) is -3.06. The van der Waals surface area contributed by atoms with E-state index >= 15 is 0 Å². The topological polar surface area (TPSA) is 72.5 Å². The number of carbonyl (C=O) groups is 1. The summed E-state index contributed by atoms with van der Waals surface area (Å²) in [6.07, 6.45) is 1.62. The number of nitrogens with one attached hydrogen (secondary N) is 1. The Morgan fingerprint density at radius 3 is 2.58 bits per heavy atom. The Kier molecular flexibility index (Phi) is 3.90. The highest BCUT2D eigenvalue weighted by molar-refractivity contribution is 7.94. The average Bonchev–Trinajstić information content (AvgIpc) is 2.70. The molecule has 0 amide bonds. The van der Waals surface area contributed by atoms with Gasteiger partial charge in [0.25, 0.3) is 0 Å². The van der Waals surface area contributed by atoms with Gasteiger partial charge in [0.1, 0.15) is 0 Å². The summed E-state index contributed by atoms with van der Waals surface area (Å²) in [6.45, 7) is 2.09. The number of anilines is 1. The highest BCUT2D eigenvalue weighted by Crippen LogP contribution is 2.16. The molecule has 5 nitrogen and oxygen atoms in total. The van der Waals surface area contributed by atoms with Crippen molar-refractivity contribution in [3.63, 3.8) is 0 Å². The summed E-state index contributed by atoms with van der Waals surface area (Å²) >= 11 is 0. The van der Waals surface area contributed by atoms with Gasteiger partial charge in [-0.2, -0.15) is 0 Å². The molecule has 1 aliphatic heterocycles. The quantitative estimate of drug-likeness (QED) is 0.848. The lowest BCUT2D eigenvalue weighted by molar-refractivity contribution is 0.0526. The van der Waals surface area contributed by atoms with E-state index in [-0.39, 0.29) is 17.8 Å².